The second-order valence-corrected chi connectivity index (χ2v) is 5.74. The number of hydrogen-bond acceptors (Lipinski definition) is 4. The van der Waals surface area contributed by atoms with E-state index in [4.69, 9.17) is 21.1 Å². The zero-order chi connectivity index (χ0) is 17.5. The number of pyridine rings is 1. The van der Waals surface area contributed by atoms with Crippen LogP contribution in [0.25, 0.3) is 0 Å². The number of carbonyl (C=O) groups excluding carboxylic acids is 1. The summed E-state index contributed by atoms with van der Waals surface area (Å²) in [6, 6.07) is 19.8. The number of hydrogen-bond donors (Lipinski definition) is 0. The molecule has 0 aliphatic carbocycles. The molecule has 0 aliphatic rings. The molecule has 1 aromatic heterocycles. The van der Waals surface area contributed by atoms with Gasteiger partial charge < -0.3 is 9.47 Å². The Morgan fingerprint density at radius 1 is 0.920 bits per heavy atom. The Balaban J connectivity index is 1.65. The average molecular weight is 354 g/mol. The van der Waals surface area contributed by atoms with Gasteiger partial charge in [0.15, 0.2) is 0 Å². The van der Waals surface area contributed by atoms with E-state index in [1.54, 1.807) is 42.6 Å². The molecular weight excluding hydrogens is 338 g/mol. The van der Waals surface area contributed by atoms with Crippen molar-refractivity contribution in [2.75, 3.05) is 0 Å². The first-order chi connectivity index (χ1) is 12.2. The maximum Gasteiger partial charge on any atom is 0.342 e. The molecule has 2 aromatic carbocycles. The Labute approximate surface area is 151 Å². The van der Waals surface area contributed by atoms with Crippen molar-refractivity contribution in [3.63, 3.8) is 0 Å². The lowest BCUT2D eigenvalue weighted by Crippen LogP contribution is -2.08. The van der Waals surface area contributed by atoms with Gasteiger partial charge in [0, 0.05) is 11.2 Å². The third-order valence-corrected chi connectivity index (χ3v) is 3.74. The van der Waals surface area contributed by atoms with Crippen LogP contribution in [0.1, 0.15) is 21.6 Å². The Morgan fingerprint density at radius 2 is 1.68 bits per heavy atom. The van der Waals surface area contributed by atoms with Gasteiger partial charge in [-0.2, -0.15) is 0 Å². The molecule has 0 spiro atoms. The third-order valence-electron chi connectivity index (χ3n) is 3.49. The van der Waals surface area contributed by atoms with E-state index >= 15 is 0 Å². The molecule has 3 rings (SSSR count). The topological polar surface area (TPSA) is 48.4 Å². The van der Waals surface area contributed by atoms with Crippen LogP contribution in [-0.4, -0.2) is 11.0 Å². The first-order valence-electron chi connectivity index (χ1n) is 7.76. The van der Waals surface area contributed by atoms with Gasteiger partial charge in [-0.3, -0.25) is 4.98 Å². The van der Waals surface area contributed by atoms with Crippen LogP contribution in [0.4, 0.5) is 0 Å². The van der Waals surface area contributed by atoms with E-state index < -0.39 is 5.97 Å². The molecule has 0 N–H and O–H groups in total. The van der Waals surface area contributed by atoms with Gasteiger partial charge in [-0.1, -0.05) is 41.9 Å². The minimum absolute atomic E-state index is 0.116. The van der Waals surface area contributed by atoms with Crippen molar-refractivity contribution in [1.29, 1.82) is 0 Å². The number of nitrogens with zero attached hydrogens (tertiary/aromatic N) is 1. The number of halogens is 1. The lowest BCUT2D eigenvalue weighted by Gasteiger charge is -2.11. The number of carbonyl (C=O) groups is 1. The monoisotopic (exact) mass is 353 g/mol. The van der Waals surface area contributed by atoms with Crippen molar-refractivity contribution in [3.8, 4) is 5.75 Å². The summed E-state index contributed by atoms with van der Waals surface area (Å²) in [6.07, 6.45) is 1.66. The van der Waals surface area contributed by atoms with Gasteiger partial charge in [-0.15, -0.1) is 0 Å². The minimum atomic E-state index is -0.447. The average Bonchev–Trinajstić information content (AvgIpc) is 2.67. The fourth-order valence-corrected chi connectivity index (χ4v) is 2.33. The van der Waals surface area contributed by atoms with Gasteiger partial charge in [0.25, 0.3) is 0 Å². The quantitative estimate of drug-likeness (QED) is 0.604. The lowest BCUT2D eigenvalue weighted by molar-refractivity contribution is 0.0462. The van der Waals surface area contributed by atoms with Crippen molar-refractivity contribution in [2.24, 2.45) is 0 Å². The van der Waals surface area contributed by atoms with Crippen LogP contribution in [-0.2, 0) is 18.0 Å². The molecule has 3 aromatic rings. The number of esters is 1. The molecule has 0 radical (unpaired) electrons. The smallest absolute Gasteiger partial charge is 0.342 e. The SMILES string of the molecule is O=C(OCc1ccccn1)c1ccccc1OCc1ccc(Cl)cc1. The standard InChI is InChI=1S/C20H16ClNO3/c21-16-10-8-15(9-11-16)13-24-19-7-2-1-6-18(19)20(23)25-14-17-5-3-4-12-22-17/h1-12H,13-14H2. The molecule has 0 unspecified atom stereocenters. The van der Waals surface area contributed by atoms with Crippen molar-refractivity contribution < 1.29 is 14.3 Å². The van der Waals surface area contributed by atoms with E-state index in [1.807, 2.05) is 30.3 Å². The molecule has 4 nitrogen and oxygen atoms in total. The van der Waals surface area contributed by atoms with Crippen molar-refractivity contribution in [1.82, 2.24) is 4.98 Å². The third kappa shape index (κ3) is 4.81. The molecule has 0 saturated heterocycles. The van der Waals surface area contributed by atoms with Gasteiger partial charge in [-0.05, 0) is 42.0 Å². The Bertz CT molecular complexity index is 835. The van der Waals surface area contributed by atoms with Crippen molar-refractivity contribution in [3.05, 3.63) is 94.8 Å². The van der Waals surface area contributed by atoms with Crippen LogP contribution in [0.15, 0.2) is 72.9 Å². The normalized spacial score (nSPS) is 10.3. The molecule has 1 heterocycles. The lowest BCUT2D eigenvalue weighted by atomic mass is 10.2. The second-order valence-electron chi connectivity index (χ2n) is 5.31. The molecule has 0 saturated carbocycles. The summed E-state index contributed by atoms with van der Waals surface area (Å²) in [4.78, 5) is 16.5. The van der Waals surface area contributed by atoms with Crippen LogP contribution in [0.5, 0.6) is 5.75 Å². The molecule has 5 heteroatoms. The zero-order valence-electron chi connectivity index (χ0n) is 13.4. The molecule has 25 heavy (non-hydrogen) atoms. The molecule has 0 bridgehead atoms. The van der Waals surface area contributed by atoms with Crippen LogP contribution in [0.2, 0.25) is 5.02 Å². The highest BCUT2D eigenvalue weighted by Crippen LogP contribution is 2.21. The van der Waals surface area contributed by atoms with Crippen LogP contribution < -0.4 is 4.74 Å². The van der Waals surface area contributed by atoms with E-state index in [0.717, 1.165) is 5.56 Å². The maximum atomic E-state index is 12.3. The molecule has 0 atom stereocenters. The summed E-state index contributed by atoms with van der Waals surface area (Å²) in [5.41, 5.74) is 2.03. The molecule has 0 amide bonds. The largest absolute Gasteiger partial charge is 0.488 e. The Morgan fingerprint density at radius 3 is 2.44 bits per heavy atom. The van der Waals surface area contributed by atoms with Gasteiger partial charge in [0.05, 0.1) is 5.69 Å². The van der Waals surface area contributed by atoms with Gasteiger partial charge in [0.2, 0.25) is 0 Å². The number of para-hydroxylation sites is 1. The summed E-state index contributed by atoms with van der Waals surface area (Å²) >= 11 is 5.87. The first kappa shape index (κ1) is 17.0. The highest BCUT2D eigenvalue weighted by Gasteiger charge is 2.14. The van der Waals surface area contributed by atoms with E-state index in [0.29, 0.717) is 28.6 Å². The number of benzene rings is 2. The highest BCUT2D eigenvalue weighted by molar-refractivity contribution is 6.30. The van der Waals surface area contributed by atoms with Crippen molar-refractivity contribution >= 4 is 17.6 Å². The highest BCUT2D eigenvalue weighted by atomic mass is 35.5. The summed E-state index contributed by atoms with van der Waals surface area (Å²) < 4.78 is 11.1. The minimum Gasteiger partial charge on any atom is -0.488 e. The fourth-order valence-electron chi connectivity index (χ4n) is 2.20. The van der Waals surface area contributed by atoms with Gasteiger partial charge in [0.1, 0.15) is 24.5 Å². The number of rotatable bonds is 6. The van der Waals surface area contributed by atoms with E-state index in [9.17, 15) is 4.79 Å². The molecule has 0 fully saturated rings. The summed E-state index contributed by atoms with van der Waals surface area (Å²) in [5.74, 6) is 0.0285. The van der Waals surface area contributed by atoms with Gasteiger partial charge >= 0.3 is 5.97 Å². The van der Waals surface area contributed by atoms with Crippen molar-refractivity contribution in [2.45, 2.75) is 13.2 Å². The summed E-state index contributed by atoms with van der Waals surface area (Å²) in [6.45, 7) is 0.451. The van der Waals surface area contributed by atoms with E-state index in [1.165, 1.54) is 0 Å². The number of aromatic nitrogens is 1. The maximum absolute atomic E-state index is 12.3. The van der Waals surface area contributed by atoms with Crippen LogP contribution in [0, 0.1) is 0 Å². The second kappa shape index (κ2) is 8.31. The van der Waals surface area contributed by atoms with Gasteiger partial charge in [-0.25, -0.2) is 4.79 Å². The summed E-state index contributed by atoms with van der Waals surface area (Å²) in [7, 11) is 0. The number of ether oxygens (including phenoxy) is 2. The molecule has 126 valence electrons. The molecule has 0 aliphatic heterocycles. The Kier molecular flexibility index (Phi) is 5.65. The van der Waals surface area contributed by atoms with Crippen LogP contribution in [0.3, 0.4) is 0 Å². The molecular formula is C20H16ClNO3. The Hall–Kier alpha value is -2.85. The van der Waals surface area contributed by atoms with Crippen LogP contribution >= 0.6 is 11.6 Å². The van der Waals surface area contributed by atoms with E-state index in [2.05, 4.69) is 4.98 Å². The zero-order valence-corrected chi connectivity index (χ0v) is 14.1. The fraction of sp³-hybridized carbons (Fsp3) is 0.100. The van der Waals surface area contributed by atoms with E-state index in [-0.39, 0.29) is 6.61 Å². The predicted octanol–water partition coefficient (Wildman–Crippen LogP) is 4.67. The first-order valence-corrected chi connectivity index (χ1v) is 8.13. The predicted molar refractivity (Wildman–Crippen MR) is 95.6 cm³/mol. The summed E-state index contributed by atoms with van der Waals surface area (Å²) in [5, 5.41) is 0.669.